The molecule has 1 aromatic heterocycles. The molecule has 1 atom stereocenters. The second-order valence-corrected chi connectivity index (χ2v) is 8.32. The normalized spacial score (nSPS) is 18.1. The van der Waals surface area contributed by atoms with Crippen LogP contribution in [0.5, 0.6) is 0 Å². The van der Waals surface area contributed by atoms with E-state index in [0.717, 1.165) is 18.2 Å². The van der Waals surface area contributed by atoms with E-state index in [2.05, 4.69) is 0 Å². The molecule has 1 saturated carbocycles. The maximum atomic E-state index is 13.3. The number of fused-ring (bicyclic) bond motifs is 1. The van der Waals surface area contributed by atoms with Crippen LogP contribution in [-0.4, -0.2) is 18.2 Å². The summed E-state index contributed by atoms with van der Waals surface area (Å²) in [7, 11) is -3.71. The standard InChI is InChI=1S/C20H19NO3S/c22-20-12-6-8-16(20)14-17-13-15-7-4-5-11-19(15)21(17)25(23,24)18-9-2-1-3-10-18/h1-5,7,9-11,13,16H,6,8,12,14H2. The molecule has 0 aliphatic heterocycles. The van der Waals surface area contributed by atoms with E-state index in [9.17, 15) is 13.2 Å². The Morgan fingerprint density at radius 2 is 1.72 bits per heavy atom. The zero-order valence-electron chi connectivity index (χ0n) is 13.8. The lowest BCUT2D eigenvalue weighted by Crippen LogP contribution is -2.19. The maximum absolute atomic E-state index is 13.3. The van der Waals surface area contributed by atoms with Gasteiger partial charge in [0.25, 0.3) is 10.0 Å². The van der Waals surface area contributed by atoms with E-state index in [1.165, 1.54) is 3.97 Å². The molecule has 1 heterocycles. The summed E-state index contributed by atoms with van der Waals surface area (Å²) >= 11 is 0. The maximum Gasteiger partial charge on any atom is 0.268 e. The Labute approximate surface area is 147 Å². The number of aromatic nitrogens is 1. The highest BCUT2D eigenvalue weighted by atomic mass is 32.2. The Morgan fingerprint density at radius 1 is 1.00 bits per heavy atom. The molecule has 4 nitrogen and oxygen atoms in total. The van der Waals surface area contributed by atoms with Gasteiger partial charge in [-0.05, 0) is 43.5 Å². The zero-order chi connectivity index (χ0) is 17.4. The molecule has 1 aliphatic rings. The average molecular weight is 353 g/mol. The molecule has 0 bridgehead atoms. The Hall–Kier alpha value is -2.40. The molecular weight excluding hydrogens is 334 g/mol. The molecule has 0 saturated heterocycles. The smallest absolute Gasteiger partial charge is 0.268 e. The van der Waals surface area contributed by atoms with Crippen LogP contribution in [-0.2, 0) is 21.2 Å². The molecule has 0 spiro atoms. The first kappa shape index (κ1) is 16.1. The van der Waals surface area contributed by atoms with Crippen molar-refractivity contribution in [3.05, 3.63) is 66.4 Å². The van der Waals surface area contributed by atoms with Crippen LogP contribution in [0.3, 0.4) is 0 Å². The molecule has 3 aromatic rings. The van der Waals surface area contributed by atoms with E-state index < -0.39 is 10.0 Å². The minimum Gasteiger partial charge on any atom is -0.299 e. The number of hydrogen-bond acceptors (Lipinski definition) is 3. The second-order valence-electron chi connectivity index (χ2n) is 6.54. The monoisotopic (exact) mass is 353 g/mol. The highest BCUT2D eigenvalue weighted by Crippen LogP contribution is 2.30. The van der Waals surface area contributed by atoms with E-state index in [1.54, 1.807) is 30.3 Å². The van der Waals surface area contributed by atoms with Crippen LogP contribution in [0.4, 0.5) is 0 Å². The first-order chi connectivity index (χ1) is 12.1. The molecule has 0 radical (unpaired) electrons. The van der Waals surface area contributed by atoms with Crippen LogP contribution in [0.15, 0.2) is 65.6 Å². The molecule has 0 N–H and O–H groups in total. The number of para-hydroxylation sites is 1. The number of hydrogen-bond donors (Lipinski definition) is 0. The summed E-state index contributed by atoms with van der Waals surface area (Å²) in [5.41, 5.74) is 1.34. The summed E-state index contributed by atoms with van der Waals surface area (Å²) in [4.78, 5) is 12.3. The van der Waals surface area contributed by atoms with E-state index in [0.29, 0.717) is 24.1 Å². The summed E-state index contributed by atoms with van der Waals surface area (Å²) < 4.78 is 27.9. The van der Waals surface area contributed by atoms with Gasteiger partial charge in [-0.15, -0.1) is 0 Å². The molecule has 128 valence electrons. The van der Waals surface area contributed by atoms with E-state index in [4.69, 9.17) is 0 Å². The van der Waals surface area contributed by atoms with Crippen molar-refractivity contribution < 1.29 is 13.2 Å². The third-order valence-electron chi connectivity index (χ3n) is 4.91. The van der Waals surface area contributed by atoms with Crippen molar-refractivity contribution >= 4 is 26.7 Å². The molecular formula is C20H19NO3S. The minimum absolute atomic E-state index is 0.0750. The van der Waals surface area contributed by atoms with Gasteiger partial charge in [-0.1, -0.05) is 36.4 Å². The molecule has 5 heteroatoms. The van der Waals surface area contributed by atoms with Gasteiger partial charge in [0, 0.05) is 23.4 Å². The Morgan fingerprint density at radius 3 is 2.44 bits per heavy atom. The molecule has 1 aliphatic carbocycles. The predicted octanol–water partition coefficient (Wildman–Crippen LogP) is 3.79. The summed E-state index contributed by atoms with van der Waals surface area (Å²) in [6.45, 7) is 0. The van der Waals surface area contributed by atoms with Crippen molar-refractivity contribution in [3.63, 3.8) is 0 Å². The average Bonchev–Trinajstić information content (AvgIpc) is 3.19. The first-order valence-corrected chi connectivity index (χ1v) is 9.94. The van der Waals surface area contributed by atoms with Crippen molar-refractivity contribution in [1.82, 2.24) is 3.97 Å². The van der Waals surface area contributed by atoms with Crippen molar-refractivity contribution in [2.45, 2.75) is 30.6 Å². The molecule has 2 aromatic carbocycles. The Kier molecular flexibility index (Phi) is 3.96. The number of rotatable bonds is 4. The molecule has 25 heavy (non-hydrogen) atoms. The van der Waals surface area contributed by atoms with Crippen molar-refractivity contribution in [1.29, 1.82) is 0 Å². The van der Waals surface area contributed by atoms with Gasteiger partial charge in [0.15, 0.2) is 0 Å². The third kappa shape index (κ3) is 2.78. The van der Waals surface area contributed by atoms with Gasteiger partial charge < -0.3 is 0 Å². The number of carbonyl (C=O) groups excluding carboxylic acids is 1. The fourth-order valence-electron chi connectivity index (χ4n) is 3.67. The topological polar surface area (TPSA) is 56.1 Å². The fourth-order valence-corrected chi connectivity index (χ4v) is 5.24. The first-order valence-electron chi connectivity index (χ1n) is 8.50. The van der Waals surface area contributed by atoms with E-state index in [1.807, 2.05) is 30.3 Å². The highest BCUT2D eigenvalue weighted by molar-refractivity contribution is 7.90. The Bertz CT molecular complexity index is 1040. The van der Waals surface area contributed by atoms with Crippen LogP contribution in [0.1, 0.15) is 25.0 Å². The summed E-state index contributed by atoms with van der Waals surface area (Å²) in [6.07, 6.45) is 2.82. The third-order valence-corrected chi connectivity index (χ3v) is 6.69. The van der Waals surface area contributed by atoms with Gasteiger partial charge in [-0.2, -0.15) is 0 Å². The highest BCUT2D eigenvalue weighted by Gasteiger charge is 2.29. The van der Waals surface area contributed by atoms with E-state index in [-0.39, 0.29) is 16.6 Å². The van der Waals surface area contributed by atoms with Crippen molar-refractivity contribution in [2.24, 2.45) is 5.92 Å². The summed E-state index contributed by atoms with van der Waals surface area (Å²) in [6, 6.07) is 17.8. The van der Waals surface area contributed by atoms with Crippen LogP contribution >= 0.6 is 0 Å². The number of Topliss-reactive ketones (excluding diaryl/α,β-unsaturated/α-hetero) is 1. The van der Waals surface area contributed by atoms with Gasteiger partial charge in [0.1, 0.15) is 5.78 Å². The van der Waals surface area contributed by atoms with Gasteiger partial charge in [-0.25, -0.2) is 12.4 Å². The molecule has 0 amide bonds. The zero-order valence-corrected chi connectivity index (χ0v) is 14.6. The summed E-state index contributed by atoms with van der Waals surface area (Å²) in [5, 5.41) is 0.877. The number of carbonyl (C=O) groups is 1. The van der Waals surface area contributed by atoms with E-state index >= 15 is 0 Å². The molecule has 4 rings (SSSR count). The predicted molar refractivity (Wildman–Crippen MR) is 97.0 cm³/mol. The van der Waals surface area contributed by atoms with Gasteiger partial charge in [0.05, 0.1) is 10.4 Å². The molecule has 1 unspecified atom stereocenters. The minimum atomic E-state index is -3.71. The number of ketones is 1. The van der Waals surface area contributed by atoms with Crippen LogP contribution in [0, 0.1) is 5.92 Å². The van der Waals surface area contributed by atoms with Crippen molar-refractivity contribution in [3.8, 4) is 0 Å². The summed E-state index contributed by atoms with van der Waals surface area (Å²) in [5.74, 6) is 0.169. The number of nitrogens with zero attached hydrogens (tertiary/aromatic N) is 1. The quantitative estimate of drug-likeness (QED) is 0.717. The van der Waals surface area contributed by atoms with Crippen molar-refractivity contribution in [2.75, 3.05) is 0 Å². The van der Waals surface area contributed by atoms with Crippen LogP contribution < -0.4 is 0 Å². The largest absolute Gasteiger partial charge is 0.299 e. The lowest BCUT2D eigenvalue weighted by Gasteiger charge is -2.14. The Balaban J connectivity index is 1.89. The SMILES string of the molecule is O=C1CCCC1Cc1cc2ccccc2n1S(=O)(=O)c1ccccc1. The second kappa shape index (κ2) is 6.15. The fraction of sp³-hybridized carbons (Fsp3) is 0.250. The molecule has 1 fully saturated rings. The lowest BCUT2D eigenvalue weighted by atomic mass is 10.0. The van der Waals surface area contributed by atoms with Gasteiger partial charge >= 0.3 is 0 Å². The van der Waals surface area contributed by atoms with Crippen LogP contribution in [0.2, 0.25) is 0 Å². The van der Waals surface area contributed by atoms with Gasteiger partial charge in [0.2, 0.25) is 0 Å². The van der Waals surface area contributed by atoms with Crippen LogP contribution in [0.25, 0.3) is 10.9 Å². The van der Waals surface area contributed by atoms with Gasteiger partial charge in [-0.3, -0.25) is 4.79 Å². The number of benzene rings is 2. The lowest BCUT2D eigenvalue weighted by molar-refractivity contribution is -0.120.